The first-order chi connectivity index (χ1) is 18.6. The topological polar surface area (TPSA) is 71.3 Å². The molecule has 0 bridgehead atoms. The van der Waals surface area contributed by atoms with Gasteiger partial charge in [0.2, 0.25) is 5.91 Å². The smallest absolute Gasteiger partial charge is 0.303 e. The maximum absolute atomic E-state index is 12.8. The largest absolute Gasteiger partial charge is 0.481 e. The number of unbranched alkanes of at least 4 members (excludes halogenated alkanes) is 3. The van der Waals surface area contributed by atoms with Crippen LogP contribution in [0.4, 0.5) is 0 Å². The Morgan fingerprint density at radius 2 is 1.42 bits per heavy atom. The number of carboxylic acids is 1. The molecule has 5 heteroatoms. The van der Waals surface area contributed by atoms with Crippen molar-refractivity contribution in [2.24, 2.45) is 0 Å². The minimum atomic E-state index is -0.839. The number of rotatable bonds is 15. The van der Waals surface area contributed by atoms with Gasteiger partial charge in [0.15, 0.2) is 0 Å². The molecule has 3 aromatic carbocycles. The fourth-order valence-electron chi connectivity index (χ4n) is 5.10. The number of aromatic nitrogens is 1. The number of nitrogens with zero attached hydrogens (tertiary/aromatic N) is 1. The maximum atomic E-state index is 12.8. The van der Waals surface area contributed by atoms with Crippen molar-refractivity contribution in [2.45, 2.75) is 70.4 Å². The molecule has 0 spiro atoms. The van der Waals surface area contributed by atoms with Gasteiger partial charge in [-0.3, -0.25) is 9.59 Å². The van der Waals surface area contributed by atoms with Crippen molar-refractivity contribution >= 4 is 22.8 Å². The minimum Gasteiger partial charge on any atom is -0.481 e. The van der Waals surface area contributed by atoms with Gasteiger partial charge in [0, 0.05) is 42.5 Å². The summed E-state index contributed by atoms with van der Waals surface area (Å²) in [6.07, 6.45) is 8.86. The van der Waals surface area contributed by atoms with E-state index in [-0.39, 0.29) is 18.4 Å². The van der Waals surface area contributed by atoms with Crippen molar-refractivity contribution in [3.05, 3.63) is 108 Å². The Balaban J connectivity index is 1.33. The zero-order valence-electron chi connectivity index (χ0n) is 22.0. The fraction of sp³-hybridized carbons (Fsp3) is 0.333. The lowest BCUT2D eigenvalue weighted by atomic mass is 10.0. The molecule has 0 unspecified atom stereocenters. The number of carbonyl (C=O) groups excluding carboxylic acids is 1. The molecule has 1 amide bonds. The SMILES string of the molecule is O=C(O)CC[C@@H](Cc1cn(Cc2ccccc2)c2ccccc12)NC(=O)CCCCCCc1ccccc1. The number of hydrogen-bond donors (Lipinski definition) is 2. The number of nitrogens with one attached hydrogen (secondary N) is 1. The van der Waals surface area contributed by atoms with Gasteiger partial charge in [-0.1, -0.05) is 91.7 Å². The van der Waals surface area contributed by atoms with Gasteiger partial charge in [-0.2, -0.15) is 0 Å². The zero-order valence-corrected chi connectivity index (χ0v) is 22.0. The second-order valence-electron chi connectivity index (χ2n) is 10.1. The number of hydrogen-bond acceptors (Lipinski definition) is 2. The van der Waals surface area contributed by atoms with Crippen LogP contribution in [-0.4, -0.2) is 27.6 Å². The molecule has 2 N–H and O–H groups in total. The third kappa shape index (κ3) is 8.34. The quantitative estimate of drug-likeness (QED) is 0.173. The molecule has 198 valence electrons. The van der Waals surface area contributed by atoms with Gasteiger partial charge in [-0.25, -0.2) is 0 Å². The lowest BCUT2D eigenvalue weighted by Gasteiger charge is -2.18. The zero-order chi connectivity index (χ0) is 26.6. The Kier molecular flexibility index (Phi) is 10.1. The van der Waals surface area contributed by atoms with Gasteiger partial charge in [0.05, 0.1) is 0 Å². The van der Waals surface area contributed by atoms with Crippen LogP contribution in [-0.2, 0) is 29.0 Å². The first-order valence-corrected chi connectivity index (χ1v) is 13.7. The molecule has 4 aromatic rings. The molecule has 38 heavy (non-hydrogen) atoms. The Hall–Kier alpha value is -3.86. The van der Waals surface area contributed by atoms with Crippen LogP contribution in [0.1, 0.15) is 61.6 Å². The number of aryl methyl sites for hydroxylation is 1. The number of aliphatic carboxylic acids is 1. The standard InChI is InChI=1S/C33H38N2O3/c36-32(20-10-2-1-5-13-26-14-6-3-7-15-26)34-29(21-22-33(37)38)23-28-25-35(24-27-16-8-4-9-17-27)31-19-12-11-18-30(28)31/h3-4,6-9,11-12,14-19,25,29H,1-2,5,10,13,20-24H2,(H,34,36)(H,37,38)/t29-/m0/s1. The molecule has 0 aliphatic rings. The second kappa shape index (κ2) is 14.2. The summed E-state index contributed by atoms with van der Waals surface area (Å²) in [4.78, 5) is 24.1. The highest BCUT2D eigenvalue weighted by molar-refractivity contribution is 5.84. The summed E-state index contributed by atoms with van der Waals surface area (Å²) in [5, 5.41) is 13.6. The highest BCUT2D eigenvalue weighted by atomic mass is 16.4. The Morgan fingerprint density at radius 1 is 0.763 bits per heavy atom. The number of benzene rings is 3. The number of carboxylic acid groups (broad SMARTS) is 1. The van der Waals surface area contributed by atoms with E-state index in [9.17, 15) is 14.7 Å². The van der Waals surface area contributed by atoms with Crippen LogP contribution in [0.15, 0.2) is 91.1 Å². The summed E-state index contributed by atoms with van der Waals surface area (Å²) >= 11 is 0. The Labute approximate surface area is 225 Å². The third-order valence-electron chi connectivity index (χ3n) is 7.07. The van der Waals surface area contributed by atoms with Gasteiger partial charge in [0.1, 0.15) is 0 Å². The van der Waals surface area contributed by atoms with E-state index in [0.717, 1.165) is 55.1 Å². The van der Waals surface area contributed by atoms with Crippen LogP contribution in [0.3, 0.4) is 0 Å². The summed E-state index contributed by atoms with van der Waals surface area (Å²) in [5.41, 5.74) is 4.86. The van der Waals surface area contributed by atoms with Crippen molar-refractivity contribution < 1.29 is 14.7 Å². The predicted octanol–water partition coefficient (Wildman–Crippen LogP) is 6.77. The normalized spacial score (nSPS) is 11.9. The maximum Gasteiger partial charge on any atom is 0.303 e. The molecule has 0 saturated heterocycles. The second-order valence-corrected chi connectivity index (χ2v) is 10.1. The summed E-state index contributed by atoms with van der Waals surface area (Å²) in [7, 11) is 0. The third-order valence-corrected chi connectivity index (χ3v) is 7.07. The molecule has 0 saturated carbocycles. The number of carbonyl (C=O) groups is 2. The van der Waals surface area contributed by atoms with E-state index in [1.54, 1.807) is 0 Å². The molecule has 0 fully saturated rings. The number of para-hydroxylation sites is 1. The molecule has 1 atom stereocenters. The monoisotopic (exact) mass is 510 g/mol. The number of fused-ring (bicyclic) bond motifs is 1. The van der Waals surface area contributed by atoms with E-state index in [0.29, 0.717) is 19.3 Å². The molecule has 0 aliphatic heterocycles. The lowest BCUT2D eigenvalue weighted by Crippen LogP contribution is -2.36. The lowest BCUT2D eigenvalue weighted by molar-refractivity contribution is -0.137. The molecule has 4 rings (SSSR count). The average molecular weight is 511 g/mol. The summed E-state index contributed by atoms with van der Waals surface area (Å²) in [5.74, 6) is -0.828. The van der Waals surface area contributed by atoms with Crippen molar-refractivity contribution in [1.29, 1.82) is 0 Å². The van der Waals surface area contributed by atoms with E-state index in [4.69, 9.17) is 0 Å². The van der Waals surface area contributed by atoms with Gasteiger partial charge in [-0.05, 0) is 54.9 Å². The van der Waals surface area contributed by atoms with Gasteiger partial charge in [0.25, 0.3) is 0 Å². The molecular weight excluding hydrogens is 472 g/mol. The van der Waals surface area contributed by atoms with Crippen molar-refractivity contribution in [3.8, 4) is 0 Å². The summed E-state index contributed by atoms with van der Waals surface area (Å²) in [6, 6.07) is 28.9. The van der Waals surface area contributed by atoms with Crippen LogP contribution in [0.5, 0.6) is 0 Å². The van der Waals surface area contributed by atoms with Crippen molar-refractivity contribution in [2.75, 3.05) is 0 Å². The minimum absolute atomic E-state index is 0.0106. The van der Waals surface area contributed by atoms with Gasteiger partial charge >= 0.3 is 5.97 Å². The molecule has 1 heterocycles. The Morgan fingerprint density at radius 3 is 2.16 bits per heavy atom. The van der Waals surface area contributed by atoms with Crippen LogP contribution < -0.4 is 5.32 Å². The van der Waals surface area contributed by atoms with E-state index in [2.05, 4.69) is 64.6 Å². The van der Waals surface area contributed by atoms with E-state index in [1.807, 2.05) is 36.4 Å². The Bertz CT molecular complexity index is 1300. The molecule has 0 aliphatic carbocycles. The van der Waals surface area contributed by atoms with E-state index in [1.165, 1.54) is 11.1 Å². The van der Waals surface area contributed by atoms with Crippen LogP contribution >= 0.6 is 0 Å². The van der Waals surface area contributed by atoms with Crippen molar-refractivity contribution in [1.82, 2.24) is 9.88 Å². The first kappa shape index (κ1) is 27.2. The summed E-state index contributed by atoms with van der Waals surface area (Å²) < 4.78 is 2.24. The van der Waals surface area contributed by atoms with Crippen LogP contribution in [0.25, 0.3) is 10.9 Å². The van der Waals surface area contributed by atoms with Gasteiger partial charge in [-0.15, -0.1) is 0 Å². The highest BCUT2D eigenvalue weighted by Crippen LogP contribution is 2.24. The van der Waals surface area contributed by atoms with Crippen LogP contribution in [0, 0.1) is 0 Å². The summed E-state index contributed by atoms with van der Waals surface area (Å²) in [6.45, 7) is 0.762. The first-order valence-electron chi connectivity index (χ1n) is 13.7. The average Bonchev–Trinajstić information content (AvgIpc) is 3.27. The van der Waals surface area contributed by atoms with Gasteiger partial charge < -0.3 is 15.0 Å². The molecule has 5 nitrogen and oxygen atoms in total. The number of amides is 1. The van der Waals surface area contributed by atoms with Crippen molar-refractivity contribution in [3.63, 3.8) is 0 Å². The molecule has 1 aromatic heterocycles. The van der Waals surface area contributed by atoms with E-state index >= 15 is 0 Å². The van der Waals surface area contributed by atoms with Crippen LogP contribution in [0.2, 0.25) is 0 Å². The fourth-order valence-corrected chi connectivity index (χ4v) is 5.10. The van der Waals surface area contributed by atoms with E-state index < -0.39 is 5.97 Å². The predicted molar refractivity (Wildman–Crippen MR) is 153 cm³/mol. The highest BCUT2D eigenvalue weighted by Gasteiger charge is 2.18. The molecular formula is C33H38N2O3. The molecule has 0 radical (unpaired) electrons.